The summed E-state index contributed by atoms with van der Waals surface area (Å²) in [5.74, 6) is 0. The zero-order valence-electron chi connectivity index (χ0n) is 12.5. The van der Waals surface area contributed by atoms with E-state index in [9.17, 15) is 10.1 Å². The number of nitrogens with one attached hydrogen (secondary N) is 1. The molecule has 1 N–H and O–H groups in total. The largest absolute Gasteiger partial charge is 0.304 e. The van der Waals surface area contributed by atoms with Gasteiger partial charge < -0.3 is 5.32 Å². The lowest BCUT2D eigenvalue weighted by atomic mass is 10.0. The molecule has 0 amide bonds. The molecule has 0 bridgehead atoms. The van der Waals surface area contributed by atoms with Crippen LogP contribution in [-0.4, -0.2) is 4.92 Å². The van der Waals surface area contributed by atoms with Gasteiger partial charge in [0, 0.05) is 24.2 Å². The second-order valence-corrected chi connectivity index (χ2v) is 5.37. The minimum atomic E-state index is -0.361. The quantitative estimate of drug-likeness (QED) is 0.657. The fourth-order valence-electron chi connectivity index (χ4n) is 2.33. The van der Waals surface area contributed by atoms with E-state index in [0.29, 0.717) is 0 Å². The van der Waals surface area contributed by atoms with Crippen LogP contribution in [-0.2, 0) is 0 Å². The van der Waals surface area contributed by atoms with Gasteiger partial charge in [0.2, 0.25) is 0 Å². The van der Waals surface area contributed by atoms with Gasteiger partial charge in [0.05, 0.1) is 4.92 Å². The highest BCUT2D eigenvalue weighted by Gasteiger charge is 2.13. The van der Waals surface area contributed by atoms with Gasteiger partial charge in [-0.25, -0.2) is 0 Å². The van der Waals surface area contributed by atoms with Crippen molar-refractivity contribution in [3.63, 3.8) is 0 Å². The molecule has 0 aromatic heterocycles. The number of rotatable bonds is 5. The smallest absolute Gasteiger partial charge is 0.269 e. The molecule has 4 heteroatoms. The van der Waals surface area contributed by atoms with Crippen molar-refractivity contribution in [1.29, 1.82) is 0 Å². The minimum Gasteiger partial charge on any atom is -0.304 e. The Bertz CT molecular complexity index is 623. The van der Waals surface area contributed by atoms with Crippen molar-refractivity contribution in [2.45, 2.75) is 32.9 Å². The van der Waals surface area contributed by atoms with E-state index in [-0.39, 0.29) is 22.7 Å². The molecule has 0 saturated heterocycles. The number of nitro groups is 1. The SMILES string of the molecule is Cc1ccc([C@H](C)NC(C)c2cccc([N+](=O)[O-])c2)cc1. The Kier molecular flexibility index (Phi) is 4.70. The highest BCUT2D eigenvalue weighted by Crippen LogP contribution is 2.22. The van der Waals surface area contributed by atoms with E-state index < -0.39 is 0 Å². The van der Waals surface area contributed by atoms with Crippen LogP contribution in [0.1, 0.15) is 42.6 Å². The van der Waals surface area contributed by atoms with Crippen LogP contribution in [0.15, 0.2) is 48.5 Å². The molecule has 110 valence electrons. The van der Waals surface area contributed by atoms with Crippen molar-refractivity contribution in [2.24, 2.45) is 0 Å². The first-order valence-corrected chi connectivity index (χ1v) is 7.04. The predicted molar refractivity (Wildman–Crippen MR) is 84.2 cm³/mol. The standard InChI is InChI=1S/C17H20N2O2/c1-12-7-9-15(10-8-12)13(2)18-14(3)16-5-4-6-17(11-16)19(20)21/h4-11,13-14,18H,1-3H3/t13-,14?/m0/s1. The van der Waals surface area contributed by atoms with E-state index in [2.05, 4.69) is 43.4 Å². The number of hydrogen-bond acceptors (Lipinski definition) is 3. The van der Waals surface area contributed by atoms with E-state index in [0.717, 1.165) is 5.56 Å². The zero-order valence-corrected chi connectivity index (χ0v) is 12.5. The molecule has 0 fully saturated rings. The summed E-state index contributed by atoms with van der Waals surface area (Å²) in [4.78, 5) is 10.5. The summed E-state index contributed by atoms with van der Waals surface area (Å²) in [7, 11) is 0. The maximum absolute atomic E-state index is 10.8. The van der Waals surface area contributed by atoms with Gasteiger partial charge in [0.15, 0.2) is 0 Å². The zero-order chi connectivity index (χ0) is 15.4. The van der Waals surface area contributed by atoms with Gasteiger partial charge in [-0.3, -0.25) is 10.1 Å². The first-order chi connectivity index (χ1) is 9.97. The summed E-state index contributed by atoms with van der Waals surface area (Å²) in [6, 6.07) is 15.4. The van der Waals surface area contributed by atoms with Gasteiger partial charge in [-0.15, -0.1) is 0 Å². The number of nitrogens with zero attached hydrogens (tertiary/aromatic N) is 1. The Balaban J connectivity index is 2.10. The third-order valence-electron chi connectivity index (χ3n) is 3.66. The molecule has 1 unspecified atom stereocenters. The molecule has 0 spiro atoms. The van der Waals surface area contributed by atoms with E-state index >= 15 is 0 Å². The maximum Gasteiger partial charge on any atom is 0.269 e. The normalized spacial score (nSPS) is 13.7. The molecule has 0 aliphatic heterocycles. The molecule has 4 nitrogen and oxygen atoms in total. The Morgan fingerprint density at radius 3 is 2.24 bits per heavy atom. The number of non-ortho nitro benzene ring substituents is 1. The van der Waals surface area contributed by atoms with E-state index in [1.807, 2.05) is 13.0 Å². The van der Waals surface area contributed by atoms with Gasteiger partial charge >= 0.3 is 0 Å². The summed E-state index contributed by atoms with van der Waals surface area (Å²) < 4.78 is 0. The highest BCUT2D eigenvalue weighted by atomic mass is 16.6. The summed E-state index contributed by atoms with van der Waals surface area (Å²) in [6.07, 6.45) is 0. The van der Waals surface area contributed by atoms with Crippen molar-refractivity contribution in [1.82, 2.24) is 5.32 Å². The van der Waals surface area contributed by atoms with Crippen LogP contribution in [0.2, 0.25) is 0 Å². The van der Waals surface area contributed by atoms with Crippen molar-refractivity contribution in [2.75, 3.05) is 0 Å². The molecule has 0 saturated carbocycles. The molecule has 0 radical (unpaired) electrons. The summed E-state index contributed by atoms with van der Waals surface area (Å²) in [5.41, 5.74) is 3.49. The van der Waals surface area contributed by atoms with Crippen LogP contribution in [0.4, 0.5) is 5.69 Å². The van der Waals surface area contributed by atoms with Crippen molar-refractivity contribution < 1.29 is 4.92 Å². The van der Waals surface area contributed by atoms with Crippen LogP contribution in [0.3, 0.4) is 0 Å². The predicted octanol–water partition coefficient (Wildman–Crippen LogP) is 4.32. The van der Waals surface area contributed by atoms with Gasteiger partial charge in [-0.2, -0.15) is 0 Å². The lowest BCUT2D eigenvalue weighted by Gasteiger charge is -2.21. The van der Waals surface area contributed by atoms with E-state index in [1.54, 1.807) is 12.1 Å². The van der Waals surface area contributed by atoms with Crippen molar-refractivity contribution in [3.05, 3.63) is 75.3 Å². The minimum absolute atomic E-state index is 0.0428. The van der Waals surface area contributed by atoms with Gasteiger partial charge in [-0.1, -0.05) is 42.0 Å². The van der Waals surface area contributed by atoms with Crippen LogP contribution < -0.4 is 5.32 Å². The molecule has 2 aromatic rings. The fourth-order valence-corrected chi connectivity index (χ4v) is 2.33. The highest BCUT2D eigenvalue weighted by molar-refractivity contribution is 5.35. The number of aryl methyl sites for hydroxylation is 1. The average molecular weight is 284 g/mol. The van der Waals surface area contributed by atoms with Crippen LogP contribution in [0.5, 0.6) is 0 Å². The van der Waals surface area contributed by atoms with E-state index in [4.69, 9.17) is 0 Å². The number of hydrogen-bond donors (Lipinski definition) is 1. The molecular weight excluding hydrogens is 264 g/mol. The first kappa shape index (κ1) is 15.2. The van der Waals surface area contributed by atoms with E-state index in [1.165, 1.54) is 17.2 Å². The Morgan fingerprint density at radius 2 is 1.62 bits per heavy atom. The molecule has 0 heterocycles. The third kappa shape index (κ3) is 3.89. The summed E-state index contributed by atoms with van der Waals surface area (Å²) in [6.45, 7) is 6.18. The topological polar surface area (TPSA) is 55.2 Å². The molecular formula is C17H20N2O2. The Hall–Kier alpha value is -2.20. The molecule has 2 rings (SSSR count). The molecule has 2 atom stereocenters. The number of nitro benzene ring substituents is 1. The van der Waals surface area contributed by atoms with Crippen molar-refractivity contribution in [3.8, 4) is 0 Å². The summed E-state index contributed by atoms with van der Waals surface area (Å²) >= 11 is 0. The maximum atomic E-state index is 10.8. The first-order valence-electron chi connectivity index (χ1n) is 7.04. The lowest BCUT2D eigenvalue weighted by Crippen LogP contribution is -2.22. The Morgan fingerprint density at radius 1 is 1.00 bits per heavy atom. The number of benzene rings is 2. The molecule has 2 aromatic carbocycles. The summed E-state index contributed by atoms with van der Waals surface area (Å²) in [5, 5.41) is 14.3. The second-order valence-electron chi connectivity index (χ2n) is 5.37. The fraction of sp³-hybridized carbons (Fsp3) is 0.294. The molecule has 21 heavy (non-hydrogen) atoms. The van der Waals surface area contributed by atoms with Gasteiger partial charge in [0.1, 0.15) is 0 Å². The van der Waals surface area contributed by atoms with Gasteiger partial charge in [-0.05, 0) is 31.9 Å². The van der Waals surface area contributed by atoms with Crippen LogP contribution >= 0.6 is 0 Å². The average Bonchev–Trinajstić information content (AvgIpc) is 2.48. The lowest BCUT2D eigenvalue weighted by molar-refractivity contribution is -0.384. The van der Waals surface area contributed by atoms with Crippen molar-refractivity contribution >= 4 is 5.69 Å². The van der Waals surface area contributed by atoms with Gasteiger partial charge in [0.25, 0.3) is 5.69 Å². The van der Waals surface area contributed by atoms with Crippen LogP contribution in [0, 0.1) is 17.0 Å². The molecule has 0 aliphatic carbocycles. The monoisotopic (exact) mass is 284 g/mol. The molecule has 0 aliphatic rings. The third-order valence-corrected chi connectivity index (χ3v) is 3.66. The Labute approximate surface area is 125 Å². The van der Waals surface area contributed by atoms with Crippen LogP contribution in [0.25, 0.3) is 0 Å². The second kappa shape index (κ2) is 6.50.